The van der Waals surface area contributed by atoms with Crippen LogP contribution < -0.4 is 19.9 Å². The van der Waals surface area contributed by atoms with Crippen LogP contribution in [0.5, 0.6) is 17.2 Å². The third-order valence-electron chi connectivity index (χ3n) is 6.38. The van der Waals surface area contributed by atoms with Crippen molar-refractivity contribution < 1.29 is 29.2 Å². The number of aromatic nitrogens is 1. The molecular weight excluding hydrogens is 460 g/mol. The van der Waals surface area contributed by atoms with E-state index in [2.05, 4.69) is 0 Å². The van der Waals surface area contributed by atoms with Crippen LogP contribution in [0.4, 0.5) is 0 Å². The molecule has 0 spiro atoms. The van der Waals surface area contributed by atoms with Crippen LogP contribution in [0, 0.1) is 0 Å². The molecule has 1 aliphatic heterocycles. The minimum atomic E-state index is -1.39. The number of carbonyl (C=O) groups excluding carboxylic acids is 1. The predicted molar refractivity (Wildman–Crippen MR) is 135 cm³/mol. The van der Waals surface area contributed by atoms with Gasteiger partial charge in [0, 0.05) is 23.1 Å². The Morgan fingerprint density at radius 1 is 1.19 bits per heavy atom. The molecule has 1 aromatic heterocycles. The first-order chi connectivity index (χ1) is 17.2. The summed E-state index contributed by atoms with van der Waals surface area (Å²) in [7, 11) is 1.49. The lowest BCUT2D eigenvalue weighted by atomic mass is 9.88. The number of Topliss-reactive ketones (excluding diaryl/α,β-unsaturated/α-hetero) is 1. The Hall–Kier alpha value is -3.46. The summed E-state index contributed by atoms with van der Waals surface area (Å²) in [6, 6.07) is 16.3. The highest BCUT2D eigenvalue weighted by atomic mass is 16.5. The number of aliphatic hydroxyl groups excluding tert-OH is 1. The van der Waals surface area contributed by atoms with Crippen molar-refractivity contribution in [3.8, 4) is 28.5 Å². The fourth-order valence-corrected chi connectivity index (χ4v) is 4.22. The fraction of sp³-hybridized carbons (Fsp3) is 0.357. The molecule has 2 atom stereocenters. The van der Waals surface area contributed by atoms with Crippen molar-refractivity contribution in [1.82, 2.24) is 4.98 Å². The quantitative estimate of drug-likeness (QED) is 0.367. The van der Waals surface area contributed by atoms with Gasteiger partial charge in [-0.05, 0) is 44.5 Å². The molecule has 8 heteroatoms. The molecule has 2 aromatic carbocycles. The summed E-state index contributed by atoms with van der Waals surface area (Å²) >= 11 is 0. The molecule has 190 valence electrons. The molecule has 4 rings (SSSR count). The van der Waals surface area contributed by atoms with E-state index in [4.69, 9.17) is 30.0 Å². The van der Waals surface area contributed by atoms with Crippen molar-refractivity contribution in [2.75, 3.05) is 26.9 Å². The van der Waals surface area contributed by atoms with Crippen molar-refractivity contribution in [1.29, 1.82) is 0 Å². The van der Waals surface area contributed by atoms with E-state index >= 15 is 0 Å². The number of hydrogen-bond acceptors (Lipinski definition) is 8. The Balaban J connectivity index is 1.59. The summed E-state index contributed by atoms with van der Waals surface area (Å²) in [4.78, 5) is 17.8. The molecule has 0 bridgehead atoms. The number of pyridine rings is 1. The molecule has 0 saturated carbocycles. The molecule has 2 unspecified atom stereocenters. The number of carbonyl (C=O) groups is 1. The van der Waals surface area contributed by atoms with Gasteiger partial charge in [0.15, 0.2) is 23.0 Å². The molecule has 0 saturated heterocycles. The molecule has 0 radical (unpaired) electrons. The molecule has 4 N–H and O–H groups in total. The van der Waals surface area contributed by atoms with E-state index in [0.717, 1.165) is 11.1 Å². The summed E-state index contributed by atoms with van der Waals surface area (Å²) in [5.74, 6) is 1.31. The van der Waals surface area contributed by atoms with Gasteiger partial charge in [0.25, 0.3) is 0 Å². The highest BCUT2D eigenvalue weighted by Crippen LogP contribution is 2.43. The number of rotatable bonds is 10. The number of aliphatic hydroxyl groups is 2. The third-order valence-corrected chi connectivity index (χ3v) is 6.38. The monoisotopic (exact) mass is 492 g/mol. The topological polar surface area (TPSA) is 124 Å². The number of nitrogens with zero attached hydrogens (tertiary/aromatic N) is 1. The molecule has 3 aromatic rings. The van der Waals surface area contributed by atoms with Gasteiger partial charge in [-0.1, -0.05) is 30.3 Å². The number of benzene rings is 2. The van der Waals surface area contributed by atoms with E-state index < -0.39 is 11.1 Å². The lowest BCUT2D eigenvalue weighted by molar-refractivity contribution is 0.0396. The van der Waals surface area contributed by atoms with Gasteiger partial charge in [-0.15, -0.1) is 0 Å². The normalized spacial score (nSPS) is 18.2. The van der Waals surface area contributed by atoms with E-state index in [1.165, 1.54) is 7.11 Å². The smallest absolute Gasteiger partial charge is 0.163 e. The van der Waals surface area contributed by atoms with Gasteiger partial charge in [-0.25, -0.2) is 4.98 Å². The second-order valence-electron chi connectivity index (χ2n) is 9.44. The van der Waals surface area contributed by atoms with Crippen molar-refractivity contribution in [2.45, 2.75) is 37.8 Å². The highest BCUT2D eigenvalue weighted by Gasteiger charge is 2.38. The minimum absolute atomic E-state index is 0.0861. The van der Waals surface area contributed by atoms with Gasteiger partial charge >= 0.3 is 0 Å². The van der Waals surface area contributed by atoms with Crippen LogP contribution in [0.15, 0.2) is 54.6 Å². The average Bonchev–Trinajstić information content (AvgIpc) is 3.20. The highest BCUT2D eigenvalue weighted by molar-refractivity contribution is 5.96. The Morgan fingerprint density at radius 3 is 2.64 bits per heavy atom. The average molecular weight is 493 g/mol. The SMILES string of the molecule is COc1cc(C(=O)CCC(C)(O)c2cc3c(c(-c4ccccc4)n2)OCC3(C)N)ccc1OCCO. The van der Waals surface area contributed by atoms with E-state index in [-0.39, 0.29) is 31.8 Å². The summed E-state index contributed by atoms with van der Waals surface area (Å²) < 4.78 is 16.7. The Bertz CT molecular complexity index is 1240. The van der Waals surface area contributed by atoms with E-state index in [9.17, 15) is 9.90 Å². The maximum absolute atomic E-state index is 13.0. The van der Waals surface area contributed by atoms with Gasteiger partial charge < -0.3 is 30.2 Å². The molecule has 36 heavy (non-hydrogen) atoms. The van der Waals surface area contributed by atoms with Gasteiger partial charge in [0.1, 0.15) is 24.5 Å². The summed E-state index contributed by atoms with van der Waals surface area (Å²) in [6.07, 6.45) is 0.238. The van der Waals surface area contributed by atoms with Crippen LogP contribution in [0.25, 0.3) is 11.3 Å². The predicted octanol–water partition coefficient (Wildman–Crippen LogP) is 3.57. The molecule has 1 aliphatic rings. The lowest BCUT2D eigenvalue weighted by Crippen LogP contribution is -2.35. The maximum Gasteiger partial charge on any atom is 0.163 e. The number of hydrogen-bond donors (Lipinski definition) is 3. The van der Waals surface area contributed by atoms with Crippen molar-refractivity contribution in [3.63, 3.8) is 0 Å². The standard InChI is InChI=1S/C28H32N2O6/c1-27(29)17-36-26-20(27)16-24(30-25(26)18-7-5-4-6-8-18)28(2,33)12-11-21(32)19-9-10-22(35-14-13-31)23(15-19)34-3/h4-10,15-16,31,33H,11-14,17,29H2,1-3H3. The van der Waals surface area contributed by atoms with Crippen LogP contribution in [-0.4, -0.2) is 47.9 Å². The van der Waals surface area contributed by atoms with Crippen LogP contribution in [0.3, 0.4) is 0 Å². The van der Waals surface area contributed by atoms with Crippen LogP contribution in [0.1, 0.15) is 48.3 Å². The minimum Gasteiger partial charge on any atom is -0.493 e. The molecule has 0 amide bonds. The Labute approximate surface area is 210 Å². The zero-order chi connectivity index (χ0) is 25.9. The number of ketones is 1. The number of fused-ring (bicyclic) bond motifs is 1. The van der Waals surface area contributed by atoms with E-state index in [1.54, 1.807) is 31.2 Å². The van der Waals surface area contributed by atoms with E-state index in [1.807, 2.05) is 37.3 Å². The van der Waals surface area contributed by atoms with Crippen molar-refractivity contribution in [3.05, 3.63) is 71.4 Å². The number of methoxy groups -OCH3 is 1. The van der Waals surface area contributed by atoms with Gasteiger partial charge in [-0.2, -0.15) is 0 Å². The van der Waals surface area contributed by atoms with Crippen LogP contribution in [0.2, 0.25) is 0 Å². The number of nitrogens with two attached hydrogens (primary N) is 1. The fourth-order valence-electron chi connectivity index (χ4n) is 4.22. The first kappa shape index (κ1) is 25.6. The van der Waals surface area contributed by atoms with Gasteiger partial charge in [0.05, 0.1) is 24.9 Å². The molecule has 0 aliphatic carbocycles. The summed E-state index contributed by atoms with van der Waals surface area (Å²) in [5.41, 5.74) is 7.50. The number of ether oxygens (including phenoxy) is 3. The lowest BCUT2D eigenvalue weighted by Gasteiger charge is -2.25. The van der Waals surface area contributed by atoms with Gasteiger partial charge in [0.2, 0.25) is 0 Å². The van der Waals surface area contributed by atoms with Crippen molar-refractivity contribution >= 4 is 5.78 Å². The zero-order valence-corrected chi connectivity index (χ0v) is 20.8. The Kier molecular flexibility index (Phi) is 7.31. The largest absolute Gasteiger partial charge is 0.493 e. The first-order valence-corrected chi connectivity index (χ1v) is 11.9. The second-order valence-corrected chi connectivity index (χ2v) is 9.44. The second kappa shape index (κ2) is 10.3. The zero-order valence-electron chi connectivity index (χ0n) is 20.8. The maximum atomic E-state index is 13.0. The van der Waals surface area contributed by atoms with Crippen molar-refractivity contribution in [2.24, 2.45) is 5.73 Å². The Morgan fingerprint density at radius 2 is 1.94 bits per heavy atom. The first-order valence-electron chi connectivity index (χ1n) is 11.9. The summed E-state index contributed by atoms with van der Waals surface area (Å²) in [5, 5.41) is 20.4. The van der Waals surface area contributed by atoms with E-state index in [0.29, 0.717) is 40.8 Å². The third kappa shape index (κ3) is 5.21. The van der Waals surface area contributed by atoms with Gasteiger partial charge in [-0.3, -0.25) is 4.79 Å². The summed E-state index contributed by atoms with van der Waals surface area (Å²) in [6.45, 7) is 3.85. The van der Waals surface area contributed by atoms with Crippen LogP contribution in [-0.2, 0) is 11.1 Å². The molecule has 8 nitrogen and oxygen atoms in total. The molecule has 2 heterocycles. The van der Waals surface area contributed by atoms with Crippen LogP contribution >= 0.6 is 0 Å². The molecular formula is C28H32N2O6. The molecule has 0 fully saturated rings.